The molecule has 0 saturated heterocycles. The van der Waals surface area contributed by atoms with Gasteiger partial charge in [0.2, 0.25) is 0 Å². The highest BCUT2D eigenvalue weighted by Gasteiger charge is 2.08. The molecule has 1 aromatic carbocycles. The zero-order valence-corrected chi connectivity index (χ0v) is 9.56. The molecule has 0 radical (unpaired) electrons. The standard InChI is InChI=1S/C13H11N5/c14-13-7-6-11(16-17-13)12-8-9-15-18(12)10-4-2-1-3-5-10/h1-9H,(H2,14,17). The molecule has 88 valence electrons. The summed E-state index contributed by atoms with van der Waals surface area (Å²) in [4.78, 5) is 0. The summed E-state index contributed by atoms with van der Waals surface area (Å²) in [6.07, 6.45) is 1.74. The number of hydrogen-bond acceptors (Lipinski definition) is 4. The van der Waals surface area contributed by atoms with E-state index in [1.807, 2.05) is 47.1 Å². The van der Waals surface area contributed by atoms with Gasteiger partial charge in [0.05, 0.1) is 17.6 Å². The van der Waals surface area contributed by atoms with Crippen LogP contribution in [0.3, 0.4) is 0 Å². The van der Waals surface area contributed by atoms with E-state index in [1.54, 1.807) is 12.3 Å². The molecular formula is C13H11N5. The molecule has 0 atom stereocenters. The fourth-order valence-corrected chi connectivity index (χ4v) is 1.75. The number of aromatic nitrogens is 4. The van der Waals surface area contributed by atoms with Gasteiger partial charge in [-0.05, 0) is 30.3 Å². The van der Waals surface area contributed by atoms with E-state index in [-0.39, 0.29) is 0 Å². The van der Waals surface area contributed by atoms with Gasteiger partial charge in [0, 0.05) is 0 Å². The molecule has 5 heteroatoms. The van der Waals surface area contributed by atoms with Crippen molar-refractivity contribution in [1.29, 1.82) is 0 Å². The van der Waals surface area contributed by atoms with Crippen molar-refractivity contribution in [2.24, 2.45) is 0 Å². The smallest absolute Gasteiger partial charge is 0.146 e. The Balaban J connectivity index is 2.10. The van der Waals surface area contributed by atoms with E-state index in [9.17, 15) is 0 Å². The predicted octanol–water partition coefficient (Wildman–Crippen LogP) is 1.91. The number of hydrogen-bond donors (Lipinski definition) is 1. The maximum absolute atomic E-state index is 5.53. The summed E-state index contributed by atoms with van der Waals surface area (Å²) in [6.45, 7) is 0. The molecule has 2 heterocycles. The lowest BCUT2D eigenvalue weighted by atomic mass is 10.2. The lowest BCUT2D eigenvalue weighted by molar-refractivity contribution is 0.878. The molecular weight excluding hydrogens is 226 g/mol. The number of nitrogens with two attached hydrogens (primary N) is 1. The Bertz CT molecular complexity index is 643. The number of nitrogens with zero attached hydrogens (tertiary/aromatic N) is 4. The van der Waals surface area contributed by atoms with Crippen LogP contribution in [0, 0.1) is 0 Å². The monoisotopic (exact) mass is 237 g/mol. The molecule has 2 aromatic heterocycles. The quantitative estimate of drug-likeness (QED) is 0.739. The van der Waals surface area contributed by atoms with E-state index < -0.39 is 0 Å². The van der Waals surface area contributed by atoms with Gasteiger partial charge in [0.25, 0.3) is 0 Å². The Labute approximate surface area is 104 Å². The first kappa shape index (κ1) is 10.5. The van der Waals surface area contributed by atoms with Crippen LogP contribution in [-0.2, 0) is 0 Å². The summed E-state index contributed by atoms with van der Waals surface area (Å²) >= 11 is 0. The van der Waals surface area contributed by atoms with Gasteiger partial charge in [0.15, 0.2) is 0 Å². The molecule has 18 heavy (non-hydrogen) atoms. The van der Waals surface area contributed by atoms with Crippen molar-refractivity contribution >= 4 is 5.82 Å². The van der Waals surface area contributed by atoms with E-state index in [4.69, 9.17) is 5.73 Å². The summed E-state index contributed by atoms with van der Waals surface area (Å²) in [6, 6.07) is 15.3. The number of nitrogen functional groups attached to an aromatic ring is 1. The fourth-order valence-electron chi connectivity index (χ4n) is 1.75. The SMILES string of the molecule is Nc1ccc(-c2ccnn2-c2ccccc2)nn1. The molecule has 0 unspecified atom stereocenters. The Hall–Kier alpha value is -2.69. The molecule has 2 N–H and O–H groups in total. The summed E-state index contributed by atoms with van der Waals surface area (Å²) in [5.74, 6) is 0.407. The highest BCUT2D eigenvalue weighted by Crippen LogP contribution is 2.19. The lowest BCUT2D eigenvalue weighted by Crippen LogP contribution is -2.01. The van der Waals surface area contributed by atoms with Crippen molar-refractivity contribution in [3.8, 4) is 17.1 Å². The Morgan fingerprint density at radius 3 is 2.44 bits per heavy atom. The zero-order valence-electron chi connectivity index (χ0n) is 9.56. The van der Waals surface area contributed by atoms with Gasteiger partial charge in [-0.15, -0.1) is 10.2 Å². The molecule has 0 spiro atoms. The minimum Gasteiger partial charge on any atom is -0.382 e. The van der Waals surface area contributed by atoms with Crippen LogP contribution >= 0.6 is 0 Å². The zero-order chi connectivity index (χ0) is 12.4. The van der Waals surface area contributed by atoms with Gasteiger partial charge in [-0.25, -0.2) is 4.68 Å². The van der Waals surface area contributed by atoms with Gasteiger partial charge in [-0.2, -0.15) is 5.10 Å². The first-order chi connectivity index (χ1) is 8.84. The van der Waals surface area contributed by atoms with Crippen molar-refractivity contribution < 1.29 is 0 Å². The second-order valence-electron chi connectivity index (χ2n) is 3.81. The maximum atomic E-state index is 5.53. The molecule has 0 saturated carbocycles. The Morgan fingerprint density at radius 1 is 0.889 bits per heavy atom. The molecule has 5 nitrogen and oxygen atoms in total. The predicted molar refractivity (Wildman–Crippen MR) is 69.0 cm³/mol. The van der Waals surface area contributed by atoms with Gasteiger partial charge in [-0.1, -0.05) is 18.2 Å². The average Bonchev–Trinajstić information content (AvgIpc) is 2.90. The van der Waals surface area contributed by atoms with E-state index in [0.29, 0.717) is 5.82 Å². The average molecular weight is 237 g/mol. The maximum Gasteiger partial charge on any atom is 0.146 e. The van der Waals surface area contributed by atoms with Gasteiger partial charge in [0.1, 0.15) is 11.5 Å². The van der Waals surface area contributed by atoms with Crippen LogP contribution in [0.15, 0.2) is 54.7 Å². The molecule has 0 aliphatic rings. The van der Waals surface area contributed by atoms with Crippen LogP contribution in [-0.4, -0.2) is 20.0 Å². The number of para-hydroxylation sites is 1. The van der Waals surface area contributed by atoms with Crippen LogP contribution in [0.5, 0.6) is 0 Å². The Kier molecular flexibility index (Phi) is 2.49. The van der Waals surface area contributed by atoms with Crippen LogP contribution in [0.4, 0.5) is 5.82 Å². The largest absolute Gasteiger partial charge is 0.382 e. The number of benzene rings is 1. The molecule has 0 bridgehead atoms. The number of rotatable bonds is 2. The summed E-state index contributed by atoms with van der Waals surface area (Å²) in [5.41, 5.74) is 8.14. The molecule has 0 fully saturated rings. The second-order valence-corrected chi connectivity index (χ2v) is 3.81. The van der Waals surface area contributed by atoms with Crippen molar-refractivity contribution in [2.75, 3.05) is 5.73 Å². The third-order valence-corrected chi connectivity index (χ3v) is 2.59. The molecule has 0 aliphatic heterocycles. The topological polar surface area (TPSA) is 69.6 Å². The minimum absolute atomic E-state index is 0.407. The van der Waals surface area contributed by atoms with E-state index in [1.165, 1.54) is 0 Å². The lowest BCUT2D eigenvalue weighted by Gasteiger charge is -2.06. The van der Waals surface area contributed by atoms with Crippen molar-refractivity contribution in [3.63, 3.8) is 0 Å². The van der Waals surface area contributed by atoms with Crippen LogP contribution in [0.25, 0.3) is 17.1 Å². The van der Waals surface area contributed by atoms with Crippen molar-refractivity contribution in [3.05, 3.63) is 54.7 Å². The van der Waals surface area contributed by atoms with Crippen LogP contribution in [0.1, 0.15) is 0 Å². The molecule has 0 aliphatic carbocycles. The molecule has 3 rings (SSSR count). The Morgan fingerprint density at radius 2 is 1.72 bits per heavy atom. The van der Waals surface area contributed by atoms with Gasteiger partial charge in [-0.3, -0.25) is 0 Å². The summed E-state index contributed by atoms with van der Waals surface area (Å²) in [7, 11) is 0. The second kappa shape index (κ2) is 4.29. The highest BCUT2D eigenvalue weighted by atomic mass is 15.3. The summed E-state index contributed by atoms with van der Waals surface area (Å²) in [5, 5.41) is 12.2. The van der Waals surface area contributed by atoms with Gasteiger partial charge < -0.3 is 5.73 Å². The van der Waals surface area contributed by atoms with Crippen molar-refractivity contribution in [1.82, 2.24) is 20.0 Å². The fraction of sp³-hybridized carbons (Fsp3) is 0. The number of anilines is 1. The van der Waals surface area contributed by atoms with Gasteiger partial charge >= 0.3 is 0 Å². The third kappa shape index (κ3) is 1.82. The first-order valence-corrected chi connectivity index (χ1v) is 5.53. The highest BCUT2D eigenvalue weighted by molar-refractivity contribution is 5.57. The van der Waals surface area contributed by atoms with Crippen molar-refractivity contribution in [2.45, 2.75) is 0 Å². The van der Waals surface area contributed by atoms with Crippen LogP contribution < -0.4 is 5.73 Å². The molecule has 3 aromatic rings. The van der Waals surface area contributed by atoms with E-state index in [0.717, 1.165) is 17.1 Å². The van der Waals surface area contributed by atoms with Crippen LogP contribution in [0.2, 0.25) is 0 Å². The van der Waals surface area contributed by atoms with E-state index >= 15 is 0 Å². The minimum atomic E-state index is 0.407. The first-order valence-electron chi connectivity index (χ1n) is 5.53. The normalized spacial score (nSPS) is 10.4. The van der Waals surface area contributed by atoms with E-state index in [2.05, 4.69) is 15.3 Å². The molecule has 0 amide bonds. The third-order valence-electron chi connectivity index (χ3n) is 2.59. The summed E-state index contributed by atoms with van der Waals surface area (Å²) < 4.78 is 1.82.